The molecule has 0 fully saturated rings. The number of ether oxygens (including phenoxy) is 1. The van der Waals surface area contributed by atoms with Crippen molar-refractivity contribution in [2.75, 3.05) is 7.05 Å². The summed E-state index contributed by atoms with van der Waals surface area (Å²) < 4.78 is 6.68. The molecule has 26 heavy (non-hydrogen) atoms. The first-order chi connectivity index (χ1) is 12.5. The van der Waals surface area contributed by atoms with Crippen LogP contribution in [0, 0.1) is 0 Å². The molecule has 1 N–H and O–H groups in total. The summed E-state index contributed by atoms with van der Waals surface area (Å²) in [5.74, 6) is 0.845. The van der Waals surface area contributed by atoms with Crippen molar-refractivity contribution in [3.8, 4) is 17.4 Å². The summed E-state index contributed by atoms with van der Waals surface area (Å²) in [5.41, 5.74) is 1.30. The number of hydrogen-bond donors (Lipinski definition) is 1. The third kappa shape index (κ3) is 4.40. The molecule has 0 spiro atoms. The largest absolute Gasteiger partial charge is 0.508 e. The fourth-order valence-corrected chi connectivity index (χ4v) is 2.81. The summed E-state index contributed by atoms with van der Waals surface area (Å²) in [4.78, 5) is 18.6. The van der Waals surface area contributed by atoms with Gasteiger partial charge in [-0.25, -0.2) is 4.98 Å². The van der Waals surface area contributed by atoms with Gasteiger partial charge in [0, 0.05) is 24.3 Å². The second kappa shape index (κ2) is 8.01. The van der Waals surface area contributed by atoms with Gasteiger partial charge in [-0.3, -0.25) is 4.79 Å². The predicted octanol–water partition coefficient (Wildman–Crippen LogP) is 4.61. The molecule has 0 atom stereocenters. The van der Waals surface area contributed by atoms with E-state index in [4.69, 9.17) is 4.74 Å². The van der Waals surface area contributed by atoms with Gasteiger partial charge in [-0.1, -0.05) is 34.1 Å². The second-order valence-corrected chi connectivity index (χ2v) is 6.66. The number of benzene rings is 2. The van der Waals surface area contributed by atoms with Crippen LogP contribution < -0.4 is 4.74 Å². The molecule has 0 unspecified atom stereocenters. The van der Waals surface area contributed by atoms with Gasteiger partial charge in [-0.15, -0.1) is 0 Å². The number of hydrogen-bond acceptors (Lipinski definition) is 4. The van der Waals surface area contributed by atoms with Crippen LogP contribution in [0.5, 0.6) is 17.4 Å². The van der Waals surface area contributed by atoms with E-state index in [1.165, 1.54) is 0 Å². The first-order valence-electron chi connectivity index (χ1n) is 7.95. The molecule has 6 heteroatoms. The Kier molecular flexibility index (Phi) is 5.53. The number of rotatable bonds is 5. The van der Waals surface area contributed by atoms with Crippen molar-refractivity contribution in [1.29, 1.82) is 0 Å². The van der Waals surface area contributed by atoms with E-state index in [-0.39, 0.29) is 17.5 Å². The Balaban J connectivity index is 1.79. The van der Waals surface area contributed by atoms with E-state index >= 15 is 0 Å². The van der Waals surface area contributed by atoms with Crippen molar-refractivity contribution >= 4 is 21.8 Å². The molecule has 1 heterocycles. The van der Waals surface area contributed by atoms with Crippen molar-refractivity contribution in [3.63, 3.8) is 0 Å². The maximum absolute atomic E-state index is 12.8. The fraction of sp³-hybridized carbons (Fsp3) is 0.100. The number of carbonyl (C=O) groups is 1. The predicted molar refractivity (Wildman–Crippen MR) is 102 cm³/mol. The molecular formula is C20H17BrN2O3. The van der Waals surface area contributed by atoms with Crippen molar-refractivity contribution in [1.82, 2.24) is 9.88 Å². The minimum Gasteiger partial charge on any atom is -0.508 e. The highest BCUT2D eigenvalue weighted by atomic mass is 79.9. The number of phenols is 1. The van der Waals surface area contributed by atoms with Crippen LogP contribution in [-0.4, -0.2) is 27.9 Å². The molecule has 0 aliphatic carbocycles. The number of aromatic hydroxyl groups is 1. The lowest BCUT2D eigenvalue weighted by Gasteiger charge is -2.18. The highest BCUT2D eigenvalue weighted by molar-refractivity contribution is 9.10. The summed E-state index contributed by atoms with van der Waals surface area (Å²) in [5, 5.41) is 9.37. The number of nitrogens with zero attached hydrogens (tertiary/aromatic N) is 2. The van der Waals surface area contributed by atoms with Crippen LogP contribution in [0.4, 0.5) is 0 Å². The highest BCUT2D eigenvalue weighted by Gasteiger charge is 2.18. The Morgan fingerprint density at radius 1 is 1.15 bits per heavy atom. The van der Waals surface area contributed by atoms with E-state index in [1.807, 2.05) is 18.2 Å². The first-order valence-corrected chi connectivity index (χ1v) is 8.74. The van der Waals surface area contributed by atoms with E-state index in [9.17, 15) is 9.90 Å². The monoisotopic (exact) mass is 412 g/mol. The standard InChI is InChI=1S/C20H17BrN2O3/c1-23(13-14-7-9-16(24)10-8-14)20(25)18-6-3-11-22-19(18)26-17-5-2-4-15(21)12-17/h2-12,24H,13H2,1H3. The lowest BCUT2D eigenvalue weighted by Crippen LogP contribution is -2.26. The van der Waals surface area contributed by atoms with Crippen LogP contribution in [-0.2, 0) is 6.54 Å². The Hall–Kier alpha value is -2.86. The minimum atomic E-state index is -0.198. The lowest BCUT2D eigenvalue weighted by molar-refractivity contribution is 0.0781. The SMILES string of the molecule is CN(Cc1ccc(O)cc1)C(=O)c1cccnc1Oc1cccc(Br)c1. The van der Waals surface area contributed by atoms with Crippen LogP contribution >= 0.6 is 15.9 Å². The van der Waals surface area contributed by atoms with Gasteiger partial charge < -0.3 is 14.7 Å². The molecule has 3 aromatic rings. The molecule has 0 radical (unpaired) electrons. The number of carbonyl (C=O) groups excluding carboxylic acids is 1. The molecule has 0 saturated heterocycles. The van der Waals surface area contributed by atoms with Crippen LogP contribution in [0.2, 0.25) is 0 Å². The molecule has 0 aliphatic rings. The van der Waals surface area contributed by atoms with E-state index < -0.39 is 0 Å². The van der Waals surface area contributed by atoms with Crippen molar-refractivity contribution in [3.05, 3.63) is 82.5 Å². The molecule has 2 aromatic carbocycles. The van der Waals surface area contributed by atoms with E-state index in [2.05, 4.69) is 20.9 Å². The third-order valence-corrected chi connectivity index (χ3v) is 4.21. The van der Waals surface area contributed by atoms with Gasteiger partial charge >= 0.3 is 0 Å². The van der Waals surface area contributed by atoms with Crippen molar-refractivity contribution in [2.24, 2.45) is 0 Å². The zero-order valence-corrected chi connectivity index (χ0v) is 15.7. The molecule has 132 valence electrons. The molecular weight excluding hydrogens is 396 g/mol. The summed E-state index contributed by atoms with van der Waals surface area (Å²) in [6.07, 6.45) is 1.59. The van der Waals surface area contributed by atoms with E-state index in [0.717, 1.165) is 10.0 Å². The van der Waals surface area contributed by atoms with Crippen molar-refractivity contribution in [2.45, 2.75) is 6.54 Å². The zero-order chi connectivity index (χ0) is 18.5. The van der Waals surface area contributed by atoms with Gasteiger partial charge in [0.15, 0.2) is 0 Å². The van der Waals surface area contributed by atoms with Gasteiger partial charge in [0.25, 0.3) is 5.91 Å². The normalized spacial score (nSPS) is 10.4. The van der Waals surface area contributed by atoms with Crippen molar-refractivity contribution < 1.29 is 14.6 Å². The highest BCUT2D eigenvalue weighted by Crippen LogP contribution is 2.26. The Morgan fingerprint density at radius 2 is 1.92 bits per heavy atom. The Labute approximate surface area is 160 Å². The molecule has 1 amide bonds. The Bertz CT molecular complexity index is 913. The van der Waals surface area contributed by atoms with Crippen LogP contribution in [0.15, 0.2) is 71.3 Å². The summed E-state index contributed by atoms with van der Waals surface area (Å²) in [6, 6.07) is 17.5. The summed E-state index contributed by atoms with van der Waals surface area (Å²) >= 11 is 3.39. The average molecular weight is 413 g/mol. The molecule has 3 rings (SSSR count). The quantitative estimate of drug-likeness (QED) is 0.664. The topological polar surface area (TPSA) is 62.7 Å². The number of aromatic nitrogens is 1. The van der Waals surface area contributed by atoms with Gasteiger partial charge in [0.05, 0.1) is 0 Å². The van der Waals surface area contributed by atoms with Crippen LogP contribution in [0.3, 0.4) is 0 Å². The van der Waals surface area contributed by atoms with E-state index in [0.29, 0.717) is 17.9 Å². The van der Waals surface area contributed by atoms with Gasteiger partial charge in [-0.2, -0.15) is 0 Å². The minimum absolute atomic E-state index is 0.194. The number of amides is 1. The molecule has 0 aliphatic heterocycles. The molecule has 1 aromatic heterocycles. The second-order valence-electron chi connectivity index (χ2n) is 5.74. The first kappa shape index (κ1) is 17.9. The molecule has 0 bridgehead atoms. The van der Waals surface area contributed by atoms with E-state index in [1.54, 1.807) is 60.6 Å². The Morgan fingerprint density at radius 3 is 2.65 bits per heavy atom. The fourth-order valence-electron chi connectivity index (χ4n) is 2.43. The maximum Gasteiger partial charge on any atom is 0.259 e. The third-order valence-electron chi connectivity index (χ3n) is 3.71. The van der Waals surface area contributed by atoms with Crippen LogP contribution in [0.25, 0.3) is 0 Å². The average Bonchev–Trinajstić information content (AvgIpc) is 2.63. The van der Waals surface area contributed by atoms with Gasteiger partial charge in [0.2, 0.25) is 5.88 Å². The van der Waals surface area contributed by atoms with Gasteiger partial charge in [-0.05, 0) is 48.0 Å². The lowest BCUT2D eigenvalue weighted by atomic mass is 10.2. The smallest absolute Gasteiger partial charge is 0.259 e. The van der Waals surface area contributed by atoms with Crippen LogP contribution in [0.1, 0.15) is 15.9 Å². The summed E-state index contributed by atoms with van der Waals surface area (Å²) in [7, 11) is 1.71. The zero-order valence-electron chi connectivity index (χ0n) is 14.1. The maximum atomic E-state index is 12.8. The molecule has 0 saturated carbocycles. The number of pyridine rings is 1. The number of phenolic OH excluding ortho intramolecular Hbond substituents is 1. The van der Waals surface area contributed by atoms with Gasteiger partial charge in [0.1, 0.15) is 17.1 Å². The number of halogens is 1. The molecule has 5 nitrogen and oxygen atoms in total. The summed E-state index contributed by atoms with van der Waals surface area (Å²) in [6.45, 7) is 0.407.